The van der Waals surface area contributed by atoms with Crippen LogP contribution in [0.4, 0.5) is 0 Å². The molecule has 0 aliphatic heterocycles. The van der Waals surface area contributed by atoms with Crippen molar-refractivity contribution < 1.29 is 7.84 Å². The van der Waals surface area contributed by atoms with Crippen LogP contribution in [0.1, 0.15) is 18.9 Å². The van der Waals surface area contributed by atoms with Crippen LogP contribution in [0, 0.1) is 0 Å². The maximum atomic E-state index is 11.4. The van der Waals surface area contributed by atoms with Gasteiger partial charge in [0.1, 0.15) is 0 Å². The van der Waals surface area contributed by atoms with E-state index in [1.165, 1.54) is 5.56 Å². The monoisotopic (exact) mass is 256 g/mol. The minimum atomic E-state index is -3.40. The fourth-order valence-electron chi connectivity index (χ4n) is 1.33. The van der Waals surface area contributed by atoms with Crippen molar-refractivity contribution in [2.24, 2.45) is 0 Å². The molecule has 1 unspecified atom stereocenters. The molecule has 78 valence electrons. The van der Waals surface area contributed by atoms with Gasteiger partial charge in [0.2, 0.25) is 0 Å². The predicted octanol–water partition coefficient (Wildman–Crippen LogP) is 2.50. The van der Waals surface area contributed by atoms with E-state index < -0.39 is 13.8 Å². The van der Waals surface area contributed by atoms with Crippen molar-refractivity contribution in [3.63, 3.8) is 0 Å². The zero-order valence-electron chi connectivity index (χ0n) is 8.52. The Hall–Kier alpha value is -0.462. The number of benzene rings is 1. The molecule has 1 atom stereocenters. The van der Waals surface area contributed by atoms with Gasteiger partial charge in [-0.2, -0.15) is 0 Å². The van der Waals surface area contributed by atoms with Crippen molar-refractivity contribution >= 4 is 13.8 Å². The van der Waals surface area contributed by atoms with E-state index in [1.807, 2.05) is 18.2 Å². The molecule has 1 aromatic carbocycles. The van der Waals surface area contributed by atoms with Crippen molar-refractivity contribution in [2.75, 3.05) is 0 Å². The fraction of sp³-hybridized carbons (Fsp3) is 0.455. The van der Waals surface area contributed by atoms with Crippen LogP contribution in [0.2, 0.25) is 10.4 Å². The molecule has 0 radical (unpaired) electrons. The molecular weight excluding hydrogens is 239 g/mol. The Labute approximate surface area is 88.0 Å². The molecule has 14 heavy (non-hydrogen) atoms. The van der Waals surface area contributed by atoms with Crippen molar-refractivity contribution in [2.45, 2.75) is 30.2 Å². The molecule has 0 fully saturated rings. The van der Waals surface area contributed by atoms with Gasteiger partial charge in [-0.15, -0.1) is 0 Å². The normalized spacial score (nSPS) is 15.0. The third-order valence-electron chi connectivity index (χ3n) is 2.31. The van der Waals surface area contributed by atoms with Gasteiger partial charge in [0.15, 0.2) is 0 Å². The van der Waals surface area contributed by atoms with E-state index in [9.17, 15) is 7.84 Å². The van der Waals surface area contributed by atoms with Crippen LogP contribution in [-0.2, 0) is 10.2 Å². The van der Waals surface area contributed by atoms with E-state index in [4.69, 9.17) is 0 Å². The van der Waals surface area contributed by atoms with Crippen LogP contribution < -0.4 is 0 Å². The van der Waals surface area contributed by atoms with Gasteiger partial charge in [-0.25, -0.2) is 0 Å². The molecule has 1 N–H and O–H groups in total. The molecule has 3 heteroatoms. The van der Waals surface area contributed by atoms with Gasteiger partial charge in [0, 0.05) is 0 Å². The van der Waals surface area contributed by atoms with E-state index in [-0.39, 0.29) is 0 Å². The van der Waals surface area contributed by atoms with Crippen molar-refractivity contribution in [3.05, 3.63) is 35.9 Å². The van der Waals surface area contributed by atoms with E-state index in [0.717, 1.165) is 12.8 Å². The van der Waals surface area contributed by atoms with Crippen LogP contribution >= 0.6 is 0 Å². The molecule has 1 aromatic rings. The second-order valence-corrected chi connectivity index (χ2v) is 9.29. The van der Waals surface area contributed by atoms with Crippen LogP contribution in [0.5, 0.6) is 0 Å². The summed E-state index contributed by atoms with van der Waals surface area (Å²) in [6, 6.07) is 10.1. The van der Waals surface area contributed by atoms with Crippen molar-refractivity contribution in [3.8, 4) is 0 Å². The molecular formula is C11H17AsO2. The maximum absolute atomic E-state index is 11.4. The van der Waals surface area contributed by atoms with Crippen molar-refractivity contribution in [1.82, 2.24) is 0 Å². The summed E-state index contributed by atoms with van der Waals surface area (Å²) in [7, 11) is 0. The first-order chi connectivity index (χ1) is 6.64. The molecule has 0 heterocycles. The molecule has 0 aromatic heterocycles. The third-order valence-corrected chi connectivity index (χ3v) is 6.51. The molecule has 0 amide bonds. The SMILES string of the molecule is CC[As](=O)(O)CCCc1ccccc1. The van der Waals surface area contributed by atoms with E-state index in [1.54, 1.807) is 6.92 Å². The summed E-state index contributed by atoms with van der Waals surface area (Å²) in [5.74, 6) is 0. The Morgan fingerprint density at radius 2 is 1.93 bits per heavy atom. The molecule has 0 spiro atoms. The van der Waals surface area contributed by atoms with Gasteiger partial charge in [0.25, 0.3) is 0 Å². The Morgan fingerprint density at radius 1 is 1.29 bits per heavy atom. The van der Waals surface area contributed by atoms with E-state index in [2.05, 4.69) is 12.1 Å². The standard InChI is InChI=1S/C11H17AsO2/c1-2-12(13,14)10-6-9-11-7-4-3-5-8-11/h3-5,7-8H,2,6,9-10H2,1H3,(H,13,14). The van der Waals surface area contributed by atoms with E-state index in [0.29, 0.717) is 10.4 Å². The number of hydrogen-bond donors (Lipinski definition) is 1. The average molecular weight is 256 g/mol. The quantitative estimate of drug-likeness (QED) is 0.822. The van der Waals surface area contributed by atoms with Gasteiger partial charge >= 0.3 is 87.7 Å². The predicted molar refractivity (Wildman–Crippen MR) is 58.7 cm³/mol. The van der Waals surface area contributed by atoms with Gasteiger partial charge in [-0.05, 0) is 0 Å². The minimum absolute atomic E-state index is 0.451. The zero-order chi connectivity index (χ0) is 10.4. The molecule has 0 saturated heterocycles. The molecule has 1 rings (SSSR count). The first-order valence-electron chi connectivity index (χ1n) is 4.99. The third kappa shape index (κ3) is 4.17. The van der Waals surface area contributed by atoms with Crippen molar-refractivity contribution in [1.29, 1.82) is 0 Å². The Balaban J connectivity index is 2.33. The summed E-state index contributed by atoms with van der Waals surface area (Å²) in [6.07, 6.45) is 1.73. The number of hydrogen-bond acceptors (Lipinski definition) is 1. The van der Waals surface area contributed by atoms with Gasteiger partial charge in [-0.1, -0.05) is 0 Å². The van der Waals surface area contributed by atoms with Crippen LogP contribution in [0.25, 0.3) is 0 Å². The first-order valence-corrected chi connectivity index (χ1v) is 9.25. The molecule has 0 saturated carbocycles. The summed E-state index contributed by atoms with van der Waals surface area (Å²) in [5.41, 5.74) is 1.25. The zero-order valence-corrected chi connectivity index (χ0v) is 10.4. The van der Waals surface area contributed by atoms with Crippen LogP contribution in [-0.4, -0.2) is 17.9 Å². The molecule has 0 aliphatic rings. The Morgan fingerprint density at radius 3 is 2.50 bits per heavy atom. The summed E-state index contributed by atoms with van der Waals surface area (Å²) >= 11 is -3.40. The summed E-state index contributed by atoms with van der Waals surface area (Å²) in [5, 5.41) is 0.955. The summed E-state index contributed by atoms with van der Waals surface area (Å²) in [6.45, 7) is 1.79. The van der Waals surface area contributed by atoms with Crippen LogP contribution in [0.15, 0.2) is 30.3 Å². The second-order valence-electron chi connectivity index (χ2n) is 3.48. The molecule has 0 bridgehead atoms. The first kappa shape index (κ1) is 11.6. The Bertz CT molecular complexity index is 308. The average Bonchev–Trinajstić information content (AvgIpc) is 2.19. The van der Waals surface area contributed by atoms with Gasteiger partial charge in [-0.3, -0.25) is 0 Å². The van der Waals surface area contributed by atoms with Gasteiger partial charge in [0.05, 0.1) is 0 Å². The van der Waals surface area contributed by atoms with E-state index >= 15 is 0 Å². The van der Waals surface area contributed by atoms with Crippen LogP contribution in [0.3, 0.4) is 0 Å². The van der Waals surface area contributed by atoms with Gasteiger partial charge < -0.3 is 0 Å². The number of aryl methyl sites for hydroxylation is 1. The summed E-state index contributed by atoms with van der Waals surface area (Å²) < 4.78 is 20.8. The second kappa shape index (κ2) is 5.43. The number of rotatable bonds is 5. The molecule has 0 aliphatic carbocycles. The Kier molecular flexibility index (Phi) is 4.50. The topological polar surface area (TPSA) is 37.3 Å². The fourth-order valence-corrected chi connectivity index (χ4v) is 3.36. The summed E-state index contributed by atoms with van der Waals surface area (Å²) in [4.78, 5) is 0. The molecule has 2 nitrogen and oxygen atoms in total.